The standard InChI is InChI=1S/C21H14FN5O/c22-14-6-4-12(5-7-14)18-17-19(27-21(23)26-18)16-13(8-11-9-24-25-10-11)2-1-3-15(16)20(17)28/h1-7,9-10H,8H2,(H,24,25)(H2,23,26,27). The Morgan fingerprint density at radius 3 is 2.54 bits per heavy atom. The van der Waals surface area contributed by atoms with Gasteiger partial charge in [0.05, 0.1) is 23.1 Å². The maximum atomic E-state index is 13.3. The molecule has 2 aromatic carbocycles. The Morgan fingerprint density at radius 1 is 1.00 bits per heavy atom. The highest BCUT2D eigenvalue weighted by molar-refractivity contribution is 6.24. The first-order valence-corrected chi connectivity index (χ1v) is 8.70. The second-order valence-corrected chi connectivity index (χ2v) is 6.61. The van der Waals surface area contributed by atoms with Gasteiger partial charge in [0, 0.05) is 29.3 Å². The Labute approximate surface area is 159 Å². The summed E-state index contributed by atoms with van der Waals surface area (Å²) in [4.78, 5) is 21.9. The van der Waals surface area contributed by atoms with Crippen molar-refractivity contribution < 1.29 is 9.18 Å². The molecule has 5 rings (SSSR count). The summed E-state index contributed by atoms with van der Waals surface area (Å²) in [5.41, 5.74) is 11.2. The summed E-state index contributed by atoms with van der Waals surface area (Å²) < 4.78 is 13.3. The number of carbonyl (C=O) groups is 1. The molecule has 4 aromatic rings. The van der Waals surface area contributed by atoms with E-state index in [4.69, 9.17) is 5.73 Å². The molecule has 2 aromatic heterocycles. The first kappa shape index (κ1) is 16.3. The Bertz CT molecular complexity index is 1220. The minimum absolute atomic E-state index is 0.0665. The summed E-state index contributed by atoms with van der Waals surface area (Å²) in [6.07, 6.45) is 4.16. The van der Waals surface area contributed by atoms with Gasteiger partial charge < -0.3 is 5.73 Å². The Hall–Kier alpha value is -3.87. The van der Waals surface area contributed by atoms with Gasteiger partial charge in [0.1, 0.15) is 5.82 Å². The number of nitrogens with zero attached hydrogens (tertiary/aromatic N) is 3. The topological polar surface area (TPSA) is 97.5 Å². The molecule has 6 nitrogen and oxygen atoms in total. The molecule has 0 unspecified atom stereocenters. The molecule has 7 heteroatoms. The van der Waals surface area contributed by atoms with Crippen LogP contribution in [0.25, 0.3) is 22.5 Å². The smallest absolute Gasteiger partial charge is 0.221 e. The molecule has 0 amide bonds. The molecular weight excluding hydrogens is 357 g/mol. The summed E-state index contributed by atoms with van der Waals surface area (Å²) in [6.45, 7) is 0. The second-order valence-electron chi connectivity index (χ2n) is 6.61. The summed E-state index contributed by atoms with van der Waals surface area (Å²) >= 11 is 0. The van der Waals surface area contributed by atoms with Crippen LogP contribution in [0.3, 0.4) is 0 Å². The van der Waals surface area contributed by atoms with Crippen LogP contribution in [0.4, 0.5) is 10.3 Å². The lowest BCUT2D eigenvalue weighted by molar-refractivity contribution is 0.104. The van der Waals surface area contributed by atoms with Crippen LogP contribution in [-0.4, -0.2) is 25.9 Å². The van der Waals surface area contributed by atoms with Gasteiger partial charge in [-0.15, -0.1) is 0 Å². The van der Waals surface area contributed by atoms with E-state index in [1.165, 1.54) is 12.1 Å². The molecule has 0 aliphatic heterocycles. The monoisotopic (exact) mass is 371 g/mol. The van der Waals surface area contributed by atoms with Crippen LogP contribution < -0.4 is 5.73 Å². The molecule has 0 radical (unpaired) electrons. The summed E-state index contributed by atoms with van der Waals surface area (Å²) in [5.74, 6) is -0.449. The quantitative estimate of drug-likeness (QED) is 0.507. The number of nitrogen functional groups attached to an aromatic ring is 1. The van der Waals surface area contributed by atoms with E-state index in [2.05, 4.69) is 20.2 Å². The summed E-state index contributed by atoms with van der Waals surface area (Å²) in [7, 11) is 0. The molecule has 0 atom stereocenters. The molecule has 2 heterocycles. The third-order valence-corrected chi connectivity index (χ3v) is 4.85. The number of fused-ring (bicyclic) bond motifs is 3. The van der Waals surface area contributed by atoms with Crippen LogP contribution >= 0.6 is 0 Å². The number of nitrogens with two attached hydrogens (primary N) is 1. The molecule has 28 heavy (non-hydrogen) atoms. The maximum absolute atomic E-state index is 13.3. The lowest BCUT2D eigenvalue weighted by atomic mass is 9.98. The normalized spacial score (nSPS) is 12.1. The van der Waals surface area contributed by atoms with Crippen molar-refractivity contribution in [2.45, 2.75) is 6.42 Å². The predicted octanol–water partition coefficient (Wildman–Crippen LogP) is 3.39. The van der Waals surface area contributed by atoms with Crippen molar-refractivity contribution in [2.75, 3.05) is 5.73 Å². The number of hydrogen-bond acceptors (Lipinski definition) is 5. The van der Waals surface area contributed by atoms with Gasteiger partial charge in [-0.3, -0.25) is 9.89 Å². The SMILES string of the molecule is Nc1nc(-c2ccc(F)cc2)c2c(n1)-c1c(Cc3cn[nH]c3)cccc1C2=O. The van der Waals surface area contributed by atoms with Gasteiger partial charge in [-0.25, -0.2) is 14.4 Å². The van der Waals surface area contributed by atoms with Gasteiger partial charge in [0.25, 0.3) is 0 Å². The zero-order chi connectivity index (χ0) is 19.3. The highest BCUT2D eigenvalue weighted by Crippen LogP contribution is 2.42. The van der Waals surface area contributed by atoms with E-state index in [0.717, 1.165) is 16.7 Å². The van der Waals surface area contributed by atoms with Gasteiger partial charge in [-0.2, -0.15) is 5.10 Å². The number of aromatic nitrogens is 4. The summed E-state index contributed by atoms with van der Waals surface area (Å²) in [5, 5.41) is 6.77. The largest absolute Gasteiger partial charge is 0.368 e. The fourth-order valence-electron chi connectivity index (χ4n) is 3.64. The lowest BCUT2D eigenvalue weighted by Crippen LogP contribution is -2.05. The molecule has 0 spiro atoms. The van der Waals surface area contributed by atoms with Gasteiger partial charge in [0.15, 0.2) is 5.78 Å². The number of benzene rings is 2. The predicted molar refractivity (Wildman–Crippen MR) is 102 cm³/mol. The number of aromatic amines is 1. The first-order valence-electron chi connectivity index (χ1n) is 8.70. The number of anilines is 1. The van der Waals surface area contributed by atoms with Gasteiger partial charge in [-0.1, -0.05) is 18.2 Å². The van der Waals surface area contributed by atoms with E-state index in [-0.39, 0.29) is 17.5 Å². The Morgan fingerprint density at radius 2 is 1.79 bits per heavy atom. The van der Waals surface area contributed by atoms with E-state index in [9.17, 15) is 9.18 Å². The fourth-order valence-corrected chi connectivity index (χ4v) is 3.64. The van der Waals surface area contributed by atoms with Crippen molar-refractivity contribution in [3.05, 3.63) is 82.9 Å². The molecule has 0 fully saturated rings. The van der Waals surface area contributed by atoms with Crippen LogP contribution in [0, 0.1) is 5.82 Å². The second kappa shape index (κ2) is 6.09. The zero-order valence-electron chi connectivity index (χ0n) is 14.6. The number of hydrogen-bond donors (Lipinski definition) is 2. The average Bonchev–Trinajstić information content (AvgIpc) is 3.29. The molecule has 0 saturated heterocycles. The Balaban J connectivity index is 1.73. The van der Waals surface area contributed by atoms with E-state index in [1.807, 2.05) is 18.3 Å². The number of halogens is 1. The lowest BCUT2D eigenvalue weighted by Gasteiger charge is -2.09. The van der Waals surface area contributed by atoms with Crippen LogP contribution in [0.2, 0.25) is 0 Å². The molecular formula is C21H14FN5O. The van der Waals surface area contributed by atoms with Crippen molar-refractivity contribution in [1.29, 1.82) is 0 Å². The molecule has 3 N–H and O–H groups in total. The number of nitrogens with one attached hydrogen (secondary N) is 1. The first-order chi connectivity index (χ1) is 13.6. The van der Waals surface area contributed by atoms with E-state index < -0.39 is 0 Å². The van der Waals surface area contributed by atoms with Crippen molar-refractivity contribution in [1.82, 2.24) is 20.2 Å². The van der Waals surface area contributed by atoms with Gasteiger partial charge in [0.2, 0.25) is 5.95 Å². The Kier molecular flexibility index (Phi) is 3.55. The van der Waals surface area contributed by atoms with E-state index in [1.54, 1.807) is 24.4 Å². The minimum atomic E-state index is -0.362. The summed E-state index contributed by atoms with van der Waals surface area (Å²) in [6, 6.07) is 11.4. The third-order valence-electron chi connectivity index (χ3n) is 4.85. The van der Waals surface area contributed by atoms with Crippen molar-refractivity contribution in [3.63, 3.8) is 0 Å². The highest BCUT2D eigenvalue weighted by Gasteiger charge is 2.34. The zero-order valence-corrected chi connectivity index (χ0v) is 14.6. The molecule has 0 bridgehead atoms. The number of H-pyrrole nitrogens is 1. The highest BCUT2D eigenvalue weighted by atomic mass is 19.1. The van der Waals surface area contributed by atoms with Crippen LogP contribution in [-0.2, 0) is 6.42 Å². The number of carbonyl (C=O) groups excluding carboxylic acids is 1. The molecule has 136 valence electrons. The van der Waals surface area contributed by atoms with Crippen LogP contribution in [0.15, 0.2) is 54.9 Å². The van der Waals surface area contributed by atoms with Crippen molar-refractivity contribution >= 4 is 11.7 Å². The van der Waals surface area contributed by atoms with E-state index >= 15 is 0 Å². The van der Waals surface area contributed by atoms with Crippen LogP contribution in [0.1, 0.15) is 27.0 Å². The number of rotatable bonds is 3. The fraction of sp³-hybridized carbons (Fsp3) is 0.0476. The molecule has 1 aliphatic carbocycles. The minimum Gasteiger partial charge on any atom is -0.368 e. The maximum Gasteiger partial charge on any atom is 0.221 e. The van der Waals surface area contributed by atoms with Crippen molar-refractivity contribution in [3.8, 4) is 22.5 Å². The van der Waals surface area contributed by atoms with Crippen LogP contribution in [0.5, 0.6) is 0 Å². The van der Waals surface area contributed by atoms with E-state index in [0.29, 0.717) is 34.5 Å². The average molecular weight is 371 g/mol. The van der Waals surface area contributed by atoms with Gasteiger partial charge >= 0.3 is 0 Å². The number of ketones is 1. The molecule has 1 aliphatic rings. The van der Waals surface area contributed by atoms with Crippen molar-refractivity contribution in [2.24, 2.45) is 0 Å². The third kappa shape index (κ3) is 2.48. The van der Waals surface area contributed by atoms with Gasteiger partial charge in [-0.05, 0) is 35.4 Å². The molecule has 0 saturated carbocycles.